The van der Waals surface area contributed by atoms with Gasteiger partial charge in [0.15, 0.2) is 0 Å². The van der Waals surface area contributed by atoms with Crippen molar-refractivity contribution in [3.05, 3.63) is 23.8 Å². The number of carbonyl (C=O) groups excluding carboxylic acids is 1. The van der Waals surface area contributed by atoms with Crippen LogP contribution in [-0.2, 0) is 0 Å². The standard InChI is InChI=1S/C14H22N4O/c1-2-18-7-3-4-11(9-18)17-13-6-5-10(14(16)19)8-12(13)15/h5-6,8,11,17H,2-4,7,9,15H2,1H3,(H2,16,19). The molecule has 5 heteroatoms. The first-order valence-electron chi connectivity index (χ1n) is 6.78. The number of likely N-dealkylation sites (N-methyl/N-ethyl adjacent to an activating group) is 1. The van der Waals surface area contributed by atoms with E-state index in [1.54, 1.807) is 12.1 Å². The summed E-state index contributed by atoms with van der Waals surface area (Å²) >= 11 is 0. The van der Waals surface area contributed by atoms with Crippen molar-refractivity contribution in [2.24, 2.45) is 5.73 Å². The lowest BCUT2D eigenvalue weighted by Gasteiger charge is -2.33. The normalized spacial score (nSPS) is 20.2. The molecule has 0 aliphatic carbocycles. The number of hydrogen-bond donors (Lipinski definition) is 3. The molecule has 1 unspecified atom stereocenters. The largest absolute Gasteiger partial charge is 0.397 e. The van der Waals surface area contributed by atoms with Gasteiger partial charge in [-0.05, 0) is 44.1 Å². The number of carbonyl (C=O) groups is 1. The maximum absolute atomic E-state index is 11.1. The van der Waals surface area contributed by atoms with E-state index in [2.05, 4.69) is 17.1 Å². The summed E-state index contributed by atoms with van der Waals surface area (Å²) in [5.41, 5.74) is 13.1. The van der Waals surface area contributed by atoms with Gasteiger partial charge in [-0.3, -0.25) is 4.79 Å². The minimum atomic E-state index is -0.451. The molecule has 104 valence electrons. The number of benzene rings is 1. The van der Waals surface area contributed by atoms with Crippen LogP contribution in [0.1, 0.15) is 30.1 Å². The second-order valence-electron chi connectivity index (χ2n) is 5.04. The van der Waals surface area contributed by atoms with E-state index >= 15 is 0 Å². The molecule has 1 amide bonds. The number of piperidine rings is 1. The van der Waals surface area contributed by atoms with E-state index in [-0.39, 0.29) is 0 Å². The van der Waals surface area contributed by atoms with Crippen molar-refractivity contribution in [1.29, 1.82) is 0 Å². The lowest BCUT2D eigenvalue weighted by molar-refractivity contribution is 0.100. The summed E-state index contributed by atoms with van der Waals surface area (Å²) in [6, 6.07) is 5.59. The molecule has 0 aromatic heterocycles. The lowest BCUT2D eigenvalue weighted by atomic mass is 10.0. The molecule has 5 nitrogen and oxygen atoms in total. The number of nitrogen functional groups attached to an aromatic ring is 1. The third kappa shape index (κ3) is 3.38. The Bertz CT molecular complexity index is 461. The number of likely N-dealkylation sites (tertiary alicyclic amines) is 1. The van der Waals surface area contributed by atoms with Crippen molar-refractivity contribution in [1.82, 2.24) is 4.90 Å². The van der Waals surface area contributed by atoms with Crippen LogP contribution in [0.4, 0.5) is 11.4 Å². The molecule has 0 saturated carbocycles. The van der Waals surface area contributed by atoms with Crippen LogP contribution >= 0.6 is 0 Å². The number of nitrogens with one attached hydrogen (secondary N) is 1. The first-order chi connectivity index (χ1) is 9.10. The number of primary amides is 1. The zero-order valence-corrected chi connectivity index (χ0v) is 11.4. The maximum atomic E-state index is 11.1. The van der Waals surface area contributed by atoms with Crippen LogP contribution in [-0.4, -0.2) is 36.5 Å². The minimum absolute atomic E-state index is 0.412. The van der Waals surface area contributed by atoms with Gasteiger partial charge in [0.05, 0.1) is 11.4 Å². The predicted octanol–water partition coefficient (Wildman–Crippen LogP) is 1.26. The number of nitrogens with two attached hydrogens (primary N) is 2. The lowest BCUT2D eigenvalue weighted by Crippen LogP contribution is -2.41. The first-order valence-corrected chi connectivity index (χ1v) is 6.78. The molecule has 1 aliphatic heterocycles. The first kappa shape index (κ1) is 13.7. The average molecular weight is 262 g/mol. The zero-order valence-electron chi connectivity index (χ0n) is 11.4. The summed E-state index contributed by atoms with van der Waals surface area (Å²) in [4.78, 5) is 13.5. The number of hydrogen-bond acceptors (Lipinski definition) is 4. The van der Waals surface area contributed by atoms with Crippen molar-refractivity contribution in [2.45, 2.75) is 25.8 Å². The number of rotatable bonds is 4. The highest BCUT2D eigenvalue weighted by molar-refractivity contribution is 5.94. The summed E-state index contributed by atoms with van der Waals surface area (Å²) in [5, 5.41) is 3.46. The van der Waals surface area contributed by atoms with Crippen molar-refractivity contribution >= 4 is 17.3 Å². The fraction of sp³-hybridized carbons (Fsp3) is 0.500. The number of nitrogens with zero attached hydrogens (tertiary/aromatic N) is 1. The van der Waals surface area contributed by atoms with Crippen molar-refractivity contribution in [3.8, 4) is 0 Å². The maximum Gasteiger partial charge on any atom is 0.248 e. The van der Waals surface area contributed by atoms with Crippen LogP contribution in [0, 0.1) is 0 Å². The van der Waals surface area contributed by atoms with E-state index in [0.717, 1.165) is 25.2 Å². The smallest absolute Gasteiger partial charge is 0.248 e. The molecule has 5 N–H and O–H groups in total. The third-order valence-electron chi connectivity index (χ3n) is 3.65. The molecule has 2 rings (SSSR count). The summed E-state index contributed by atoms with van der Waals surface area (Å²) in [7, 11) is 0. The molecular weight excluding hydrogens is 240 g/mol. The monoisotopic (exact) mass is 262 g/mol. The van der Waals surface area contributed by atoms with Crippen LogP contribution in [0.2, 0.25) is 0 Å². The van der Waals surface area contributed by atoms with Gasteiger partial charge in [-0.1, -0.05) is 6.92 Å². The van der Waals surface area contributed by atoms with E-state index in [0.29, 0.717) is 17.3 Å². The average Bonchev–Trinajstić information content (AvgIpc) is 2.41. The Morgan fingerprint density at radius 1 is 1.53 bits per heavy atom. The second kappa shape index (κ2) is 5.93. The van der Waals surface area contributed by atoms with Crippen LogP contribution in [0.3, 0.4) is 0 Å². The Balaban J connectivity index is 2.04. The highest BCUT2D eigenvalue weighted by Gasteiger charge is 2.19. The highest BCUT2D eigenvalue weighted by atomic mass is 16.1. The number of amides is 1. The Hall–Kier alpha value is -1.75. The van der Waals surface area contributed by atoms with Gasteiger partial charge in [-0.15, -0.1) is 0 Å². The Kier molecular flexibility index (Phi) is 4.27. The van der Waals surface area contributed by atoms with Crippen LogP contribution in [0.15, 0.2) is 18.2 Å². The van der Waals surface area contributed by atoms with E-state index in [9.17, 15) is 4.79 Å². The van der Waals surface area contributed by atoms with Crippen LogP contribution < -0.4 is 16.8 Å². The molecule has 1 aliphatic rings. The molecular formula is C14H22N4O. The third-order valence-corrected chi connectivity index (χ3v) is 3.65. The van der Waals surface area contributed by atoms with E-state index < -0.39 is 5.91 Å². The molecule has 1 atom stereocenters. The van der Waals surface area contributed by atoms with Gasteiger partial charge in [0.25, 0.3) is 0 Å². The molecule has 1 heterocycles. The second-order valence-corrected chi connectivity index (χ2v) is 5.04. The van der Waals surface area contributed by atoms with Gasteiger partial charge in [0.2, 0.25) is 5.91 Å². The zero-order chi connectivity index (χ0) is 13.8. The summed E-state index contributed by atoms with van der Waals surface area (Å²) in [5.74, 6) is -0.451. The van der Waals surface area contributed by atoms with E-state index in [1.807, 2.05) is 6.07 Å². The summed E-state index contributed by atoms with van der Waals surface area (Å²) in [6.45, 7) is 5.46. The van der Waals surface area contributed by atoms with Crippen molar-refractivity contribution in [3.63, 3.8) is 0 Å². The quantitative estimate of drug-likeness (QED) is 0.713. The van der Waals surface area contributed by atoms with E-state index in [1.165, 1.54) is 13.0 Å². The van der Waals surface area contributed by atoms with Crippen molar-refractivity contribution in [2.75, 3.05) is 30.7 Å². The van der Waals surface area contributed by atoms with E-state index in [4.69, 9.17) is 11.5 Å². The predicted molar refractivity (Wildman–Crippen MR) is 78.1 cm³/mol. The molecule has 1 aromatic carbocycles. The van der Waals surface area contributed by atoms with Crippen molar-refractivity contribution < 1.29 is 4.79 Å². The van der Waals surface area contributed by atoms with Crippen LogP contribution in [0.25, 0.3) is 0 Å². The Morgan fingerprint density at radius 2 is 2.32 bits per heavy atom. The minimum Gasteiger partial charge on any atom is -0.397 e. The molecule has 0 bridgehead atoms. The van der Waals surface area contributed by atoms with Crippen LogP contribution in [0.5, 0.6) is 0 Å². The molecule has 0 radical (unpaired) electrons. The van der Waals surface area contributed by atoms with Gasteiger partial charge in [0.1, 0.15) is 0 Å². The molecule has 1 aromatic rings. The highest BCUT2D eigenvalue weighted by Crippen LogP contribution is 2.23. The number of anilines is 2. The topological polar surface area (TPSA) is 84.4 Å². The molecule has 1 fully saturated rings. The fourth-order valence-corrected chi connectivity index (χ4v) is 2.53. The Morgan fingerprint density at radius 3 is 2.95 bits per heavy atom. The van der Waals surface area contributed by atoms with Gasteiger partial charge >= 0.3 is 0 Å². The van der Waals surface area contributed by atoms with Gasteiger partial charge in [0, 0.05) is 18.2 Å². The molecule has 1 saturated heterocycles. The molecule has 19 heavy (non-hydrogen) atoms. The van der Waals surface area contributed by atoms with Gasteiger partial charge < -0.3 is 21.7 Å². The fourth-order valence-electron chi connectivity index (χ4n) is 2.53. The van der Waals surface area contributed by atoms with Gasteiger partial charge in [-0.25, -0.2) is 0 Å². The SMILES string of the molecule is CCN1CCCC(Nc2ccc(C(N)=O)cc2N)C1. The summed E-state index contributed by atoms with van der Waals surface area (Å²) < 4.78 is 0. The van der Waals surface area contributed by atoms with Gasteiger partial charge in [-0.2, -0.15) is 0 Å². The molecule has 0 spiro atoms. The Labute approximate surface area is 113 Å². The summed E-state index contributed by atoms with van der Waals surface area (Å²) in [6.07, 6.45) is 2.35.